The normalized spacial score (nSPS) is 14.2. The summed E-state index contributed by atoms with van der Waals surface area (Å²) in [6.07, 6.45) is 0. The third-order valence-electron chi connectivity index (χ3n) is 2.71. The van der Waals surface area contributed by atoms with Crippen LogP contribution in [0.5, 0.6) is 0 Å². The van der Waals surface area contributed by atoms with Crippen molar-refractivity contribution in [1.29, 1.82) is 0 Å². The van der Waals surface area contributed by atoms with E-state index in [0.29, 0.717) is 10.7 Å². The molecule has 0 spiro atoms. The lowest BCUT2D eigenvalue weighted by Crippen LogP contribution is -2.34. The van der Waals surface area contributed by atoms with Crippen LogP contribution in [0.4, 0.5) is 5.69 Å². The van der Waals surface area contributed by atoms with Gasteiger partial charge < -0.3 is 11.1 Å². The maximum atomic E-state index is 11.8. The number of carbonyl (C=O) groups excluding carboxylic acids is 1. The van der Waals surface area contributed by atoms with Gasteiger partial charge in [0.1, 0.15) is 0 Å². The Morgan fingerprint density at radius 2 is 2.06 bits per heavy atom. The third kappa shape index (κ3) is 3.69. The summed E-state index contributed by atoms with van der Waals surface area (Å²) >= 11 is 9.41. The standard InChI is InChI=1S/C12H16BrClN2O/c1-6-4-9(13)11(5-10(6)14)16-12(17)7(2)8(3)15/h4-5,7-8H,15H2,1-3H3,(H,16,17). The Labute approximate surface area is 115 Å². The van der Waals surface area contributed by atoms with Crippen molar-refractivity contribution in [2.24, 2.45) is 11.7 Å². The first-order chi connectivity index (χ1) is 7.82. The number of carbonyl (C=O) groups is 1. The fraction of sp³-hybridized carbons (Fsp3) is 0.417. The monoisotopic (exact) mass is 318 g/mol. The number of halogens is 2. The van der Waals surface area contributed by atoms with Crippen LogP contribution in [-0.2, 0) is 4.79 Å². The van der Waals surface area contributed by atoms with Gasteiger partial charge in [0.2, 0.25) is 5.91 Å². The average molecular weight is 320 g/mol. The Balaban J connectivity index is 2.89. The Hall–Kier alpha value is -0.580. The predicted molar refractivity (Wildman–Crippen MR) is 75.3 cm³/mol. The number of hydrogen-bond donors (Lipinski definition) is 2. The van der Waals surface area contributed by atoms with E-state index in [-0.39, 0.29) is 17.9 Å². The van der Waals surface area contributed by atoms with Gasteiger partial charge in [0.15, 0.2) is 0 Å². The Kier molecular flexibility index (Phi) is 4.98. The molecule has 1 aromatic carbocycles. The molecule has 0 aliphatic rings. The van der Waals surface area contributed by atoms with Crippen LogP contribution in [0.1, 0.15) is 19.4 Å². The van der Waals surface area contributed by atoms with Crippen molar-refractivity contribution in [2.75, 3.05) is 5.32 Å². The first kappa shape index (κ1) is 14.5. The fourth-order valence-corrected chi connectivity index (χ4v) is 1.95. The first-order valence-electron chi connectivity index (χ1n) is 5.35. The summed E-state index contributed by atoms with van der Waals surface area (Å²) in [5.41, 5.74) is 7.30. The predicted octanol–water partition coefficient (Wildman–Crippen LogP) is 3.33. The minimum atomic E-state index is -0.248. The van der Waals surface area contributed by atoms with Gasteiger partial charge in [-0.3, -0.25) is 4.79 Å². The van der Waals surface area contributed by atoms with Crippen LogP contribution in [0, 0.1) is 12.8 Å². The van der Waals surface area contributed by atoms with Gasteiger partial charge in [-0.1, -0.05) is 18.5 Å². The van der Waals surface area contributed by atoms with Crippen molar-refractivity contribution in [3.63, 3.8) is 0 Å². The molecular formula is C12H16BrClN2O. The molecule has 3 nitrogen and oxygen atoms in total. The van der Waals surface area contributed by atoms with Gasteiger partial charge in [-0.2, -0.15) is 0 Å². The van der Waals surface area contributed by atoms with E-state index in [2.05, 4.69) is 21.2 Å². The highest BCUT2D eigenvalue weighted by atomic mass is 79.9. The second-order valence-electron chi connectivity index (χ2n) is 4.22. The summed E-state index contributed by atoms with van der Waals surface area (Å²) in [6, 6.07) is 3.41. The van der Waals surface area contributed by atoms with E-state index in [1.54, 1.807) is 19.9 Å². The molecule has 94 valence electrons. The van der Waals surface area contributed by atoms with Gasteiger partial charge in [-0.25, -0.2) is 0 Å². The number of aryl methyl sites for hydroxylation is 1. The van der Waals surface area contributed by atoms with Gasteiger partial charge in [0, 0.05) is 15.5 Å². The van der Waals surface area contributed by atoms with Crippen LogP contribution >= 0.6 is 27.5 Å². The topological polar surface area (TPSA) is 55.1 Å². The van der Waals surface area contributed by atoms with E-state index < -0.39 is 0 Å². The molecule has 0 aromatic heterocycles. The molecule has 1 amide bonds. The highest BCUT2D eigenvalue weighted by Gasteiger charge is 2.18. The summed E-state index contributed by atoms with van der Waals surface area (Å²) in [5, 5.41) is 3.43. The minimum absolute atomic E-state index is 0.111. The van der Waals surface area contributed by atoms with Gasteiger partial charge in [-0.15, -0.1) is 0 Å². The molecule has 0 heterocycles. The van der Waals surface area contributed by atoms with E-state index in [0.717, 1.165) is 10.0 Å². The molecule has 0 bridgehead atoms. The lowest BCUT2D eigenvalue weighted by molar-refractivity contribution is -0.119. The first-order valence-corrected chi connectivity index (χ1v) is 6.52. The van der Waals surface area contributed by atoms with E-state index in [1.807, 2.05) is 13.0 Å². The van der Waals surface area contributed by atoms with Gasteiger partial charge in [0.25, 0.3) is 0 Å². The van der Waals surface area contributed by atoms with Crippen molar-refractivity contribution in [3.8, 4) is 0 Å². The second kappa shape index (κ2) is 5.85. The van der Waals surface area contributed by atoms with Gasteiger partial charge in [0.05, 0.1) is 11.6 Å². The highest BCUT2D eigenvalue weighted by molar-refractivity contribution is 9.10. The van der Waals surface area contributed by atoms with Crippen molar-refractivity contribution >= 4 is 39.1 Å². The van der Waals surface area contributed by atoms with Gasteiger partial charge in [-0.05, 0) is 47.5 Å². The van der Waals surface area contributed by atoms with Gasteiger partial charge >= 0.3 is 0 Å². The number of hydrogen-bond acceptors (Lipinski definition) is 2. The fourth-order valence-electron chi connectivity index (χ4n) is 1.23. The number of rotatable bonds is 3. The van der Waals surface area contributed by atoms with E-state index >= 15 is 0 Å². The molecule has 5 heteroatoms. The van der Waals surface area contributed by atoms with Crippen molar-refractivity contribution in [3.05, 3.63) is 27.2 Å². The Bertz CT molecular complexity index is 435. The number of nitrogens with one attached hydrogen (secondary N) is 1. The largest absolute Gasteiger partial charge is 0.327 e. The highest BCUT2D eigenvalue weighted by Crippen LogP contribution is 2.29. The zero-order valence-corrected chi connectivity index (χ0v) is 12.4. The lowest BCUT2D eigenvalue weighted by Gasteiger charge is -2.16. The molecule has 1 aromatic rings. The summed E-state index contributed by atoms with van der Waals surface area (Å²) < 4.78 is 0.810. The number of anilines is 1. The average Bonchev–Trinajstić information content (AvgIpc) is 2.24. The molecule has 1 rings (SSSR count). The van der Waals surface area contributed by atoms with E-state index in [9.17, 15) is 4.79 Å². The number of nitrogens with two attached hydrogens (primary N) is 1. The molecular weight excluding hydrogens is 304 g/mol. The van der Waals surface area contributed by atoms with Crippen LogP contribution in [0.15, 0.2) is 16.6 Å². The number of amides is 1. The van der Waals surface area contributed by atoms with Crippen molar-refractivity contribution in [2.45, 2.75) is 26.8 Å². The zero-order valence-electron chi connectivity index (χ0n) is 10.1. The molecule has 0 aliphatic heterocycles. The Morgan fingerprint density at radius 1 is 1.47 bits per heavy atom. The van der Waals surface area contributed by atoms with Crippen LogP contribution in [0.25, 0.3) is 0 Å². The minimum Gasteiger partial charge on any atom is -0.327 e. The summed E-state index contributed by atoms with van der Waals surface area (Å²) in [6.45, 7) is 5.51. The quantitative estimate of drug-likeness (QED) is 0.898. The number of benzene rings is 1. The molecule has 17 heavy (non-hydrogen) atoms. The molecule has 2 unspecified atom stereocenters. The molecule has 2 atom stereocenters. The molecule has 3 N–H and O–H groups in total. The van der Waals surface area contributed by atoms with Crippen LogP contribution < -0.4 is 11.1 Å². The van der Waals surface area contributed by atoms with Crippen LogP contribution in [-0.4, -0.2) is 11.9 Å². The molecule has 0 aliphatic carbocycles. The second-order valence-corrected chi connectivity index (χ2v) is 5.48. The van der Waals surface area contributed by atoms with Crippen molar-refractivity contribution in [1.82, 2.24) is 0 Å². The lowest BCUT2D eigenvalue weighted by atomic mass is 10.0. The van der Waals surface area contributed by atoms with Crippen molar-refractivity contribution < 1.29 is 4.79 Å². The summed E-state index contributed by atoms with van der Waals surface area (Å²) in [4.78, 5) is 11.8. The molecule has 0 radical (unpaired) electrons. The van der Waals surface area contributed by atoms with Crippen LogP contribution in [0.3, 0.4) is 0 Å². The SMILES string of the molecule is Cc1cc(Br)c(NC(=O)C(C)C(C)N)cc1Cl. The summed E-state index contributed by atoms with van der Waals surface area (Å²) in [5.74, 6) is -0.359. The van der Waals surface area contributed by atoms with E-state index in [1.165, 1.54) is 0 Å². The Morgan fingerprint density at radius 3 is 2.59 bits per heavy atom. The molecule has 0 saturated heterocycles. The zero-order chi connectivity index (χ0) is 13.2. The maximum Gasteiger partial charge on any atom is 0.228 e. The van der Waals surface area contributed by atoms with Crippen LogP contribution in [0.2, 0.25) is 5.02 Å². The molecule has 0 saturated carbocycles. The molecule has 0 fully saturated rings. The maximum absolute atomic E-state index is 11.8. The smallest absolute Gasteiger partial charge is 0.228 e. The third-order valence-corrected chi connectivity index (χ3v) is 3.77. The van der Waals surface area contributed by atoms with E-state index in [4.69, 9.17) is 17.3 Å². The summed E-state index contributed by atoms with van der Waals surface area (Å²) in [7, 11) is 0.